The van der Waals surface area contributed by atoms with E-state index in [4.69, 9.17) is 4.74 Å². The van der Waals surface area contributed by atoms with Crippen LogP contribution in [0.3, 0.4) is 0 Å². The summed E-state index contributed by atoms with van der Waals surface area (Å²) in [6, 6.07) is 7.04. The van der Waals surface area contributed by atoms with Crippen LogP contribution in [0.15, 0.2) is 24.3 Å². The molecule has 1 aromatic heterocycles. The number of nitrogens with one attached hydrogen (secondary N) is 2. The molecule has 6 heteroatoms. The third-order valence-corrected chi connectivity index (χ3v) is 4.32. The van der Waals surface area contributed by atoms with Crippen LogP contribution in [0.4, 0.5) is 0 Å². The normalized spacial score (nSPS) is 18.3. The molecule has 1 aliphatic heterocycles. The molecule has 2 N–H and O–H groups in total. The van der Waals surface area contributed by atoms with Crippen LogP contribution in [0.1, 0.15) is 29.8 Å². The molecule has 6 nitrogen and oxygen atoms in total. The fourth-order valence-electron chi connectivity index (χ4n) is 2.98. The molecule has 0 aliphatic carbocycles. The number of aryl methyl sites for hydroxylation is 1. The van der Waals surface area contributed by atoms with E-state index in [1.807, 2.05) is 35.9 Å². The van der Waals surface area contributed by atoms with E-state index in [1.165, 1.54) is 0 Å². The Hall–Kier alpha value is -2.50. The Morgan fingerprint density at radius 3 is 2.96 bits per heavy atom. The van der Waals surface area contributed by atoms with Gasteiger partial charge in [-0.15, -0.1) is 0 Å². The number of hydrogen-bond donors (Lipinski definition) is 2. The monoisotopic (exact) mass is 315 g/mol. The summed E-state index contributed by atoms with van der Waals surface area (Å²) in [5, 5.41) is 6.62. The second kappa shape index (κ2) is 6.32. The van der Waals surface area contributed by atoms with Gasteiger partial charge in [0, 0.05) is 24.5 Å². The molecule has 1 fully saturated rings. The van der Waals surface area contributed by atoms with Crippen LogP contribution in [-0.4, -0.2) is 36.1 Å². The first-order valence-electron chi connectivity index (χ1n) is 7.82. The van der Waals surface area contributed by atoms with Crippen molar-refractivity contribution >= 4 is 22.7 Å². The summed E-state index contributed by atoms with van der Waals surface area (Å²) in [5.41, 5.74) is 1.48. The molecule has 3 rings (SSSR count). The van der Waals surface area contributed by atoms with Crippen LogP contribution in [0.5, 0.6) is 5.75 Å². The number of methoxy groups -OCH3 is 1. The molecule has 23 heavy (non-hydrogen) atoms. The van der Waals surface area contributed by atoms with Crippen LogP contribution in [0.2, 0.25) is 0 Å². The number of ether oxygens (including phenoxy) is 1. The van der Waals surface area contributed by atoms with Crippen molar-refractivity contribution < 1.29 is 14.3 Å². The summed E-state index contributed by atoms with van der Waals surface area (Å²) in [6.07, 6.45) is 2.55. The minimum absolute atomic E-state index is 0.101. The maximum atomic E-state index is 12.6. The summed E-state index contributed by atoms with van der Waals surface area (Å²) in [6.45, 7) is 0.680. The Kier molecular flexibility index (Phi) is 4.23. The molecule has 0 bridgehead atoms. The van der Waals surface area contributed by atoms with Gasteiger partial charge in [0.15, 0.2) is 0 Å². The zero-order chi connectivity index (χ0) is 16.4. The number of carbonyl (C=O) groups is 2. The minimum atomic E-state index is -0.461. The summed E-state index contributed by atoms with van der Waals surface area (Å²) >= 11 is 0. The van der Waals surface area contributed by atoms with E-state index >= 15 is 0 Å². The van der Waals surface area contributed by atoms with Gasteiger partial charge < -0.3 is 19.9 Å². The number of benzene rings is 1. The Morgan fingerprint density at radius 1 is 1.35 bits per heavy atom. The largest absolute Gasteiger partial charge is 0.497 e. The van der Waals surface area contributed by atoms with E-state index in [-0.39, 0.29) is 11.8 Å². The molecule has 1 atom stereocenters. The highest BCUT2D eigenvalue weighted by atomic mass is 16.5. The van der Waals surface area contributed by atoms with E-state index in [1.54, 1.807) is 7.11 Å². The maximum absolute atomic E-state index is 12.6. The van der Waals surface area contributed by atoms with Crippen molar-refractivity contribution in [2.45, 2.75) is 25.3 Å². The predicted molar refractivity (Wildman–Crippen MR) is 87.6 cm³/mol. The first-order chi connectivity index (χ1) is 11.1. The second-order valence-electron chi connectivity index (χ2n) is 5.83. The van der Waals surface area contributed by atoms with Gasteiger partial charge in [-0.25, -0.2) is 0 Å². The Labute approximate surface area is 134 Å². The third kappa shape index (κ3) is 3.02. The molecule has 0 spiro atoms. The highest BCUT2D eigenvalue weighted by Crippen LogP contribution is 2.24. The lowest BCUT2D eigenvalue weighted by Gasteiger charge is -2.15. The second-order valence-corrected chi connectivity index (χ2v) is 5.83. The van der Waals surface area contributed by atoms with Gasteiger partial charge in [0.25, 0.3) is 5.91 Å². The van der Waals surface area contributed by atoms with E-state index < -0.39 is 6.04 Å². The lowest BCUT2D eigenvalue weighted by atomic mass is 10.1. The van der Waals surface area contributed by atoms with E-state index in [0.29, 0.717) is 18.7 Å². The van der Waals surface area contributed by atoms with Crippen molar-refractivity contribution in [1.82, 2.24) is 15.2 Å². The van der Waals surface area contributed by atoms with Crippen LogP contribution in [0.25, 0.3) is 10.9 Å². The van der Waals surface area contributed by atoms with Gasteiger partial charge >= 0.3 is 0 Å². The van der Waals surface area contributed by atoms with Crippen LogP contribution >= 0.6 is 0 Å². The van der Waals surface area contributed by atoms with Crippen LogP contribution in [-0.2, 0) is 11.8 Å². The van der Waals surface area contributed by atoms with Crippen molar-refractivity contribution in [3.8, 4) is 5.75 Å². The van der Waals surface area contributed by atoms with Crippen molar-refractivity contribution in [3.05, 3.63) is 30.0 Å². The highest BCUT2D eigenvalue weighted by Gasteiger charge is 2.24. The molecular formula is C17H21N3O3. The fourth-order valence-corrected chi connectivity index (χ4v) is 2.98. The van der Waals surface area contributed by atoms with Gasteiger partial charge in [-0.1, -0.05) is 0 Å². The molecule has 0 radical (unpaired) electrons. The molecule has 122 valence electrons. The number of amides is 2. The molecule has 1 saturated heterocycles. The van der Waals surface area contributed by atoms with Crippen molar-refractivity contribution in [2.75, 3.05) is 13.7 Å². The lowest BCUT2D eigenvalue weighted by Crippen LogP contribution is -2.45. The standard InChI is InChI=1S/C17H21N3O3/c1-20-14-7-6-12(23-2)9-11(14)10-15(20)17(22)19-13-5-3-4-8-18-16(13)21/h6-7,9-10,13H,3-5,8H2,1-2H3,(H,18,21)(H,19,22). The third-order valence-electron chi connectivity index (χ3n) is 4.32. The first kappa shape index (κ1) is 15.4. The SMILES string of the molecule is COc1ccc2c(c1)cc(C(=O)NC1CCCCNC1=O)n2C. The maximum Gasteiger partial charge on any atom is 0.268 e. The lowest BCUT2D eigenvalue weighted by molar-refractivity contribution is -0.122. The van der Waals surface area contributed by atoms with Gasteiger partial charge in [-0.2, -0.15) is 0 Å². The number of hydrogen-bond acceptors (Lipinski definition) is 3. The predicted octanol–water partition coefficient (Wildman–Crippen LogP) is 1.59. The summed E-state index contributed by atoms with van der Waals surface area (Å²) in [5.74, 6) is 0.416. The average molecular weight is 315 g/mol. The zero-order valence-electron chi connectivity index (χ0n) is 13.4. The molecule has 2 aromatic rings. The molecule has 0 saturated carbocycles. The number of fused-ring (bicyclic) bond motifs is 1. The van der Waals surface area contributed by atoms with E-state index in [0.717, 1.165) is 29.5 Å². The van der Waals surface area contributed by atoms with Crippen molar-refractivity contribution in [3.63, 3.8) is 0 Å². The zero-order valence-corrected chi connectivity index (χ0v) is 13.4. The molecule has 1 aliphatic rings. The van der Waals surface area contributed by atoms with Crippen LogP contribution < -0.4 is 15.4 Å². The quantitative estimate of drug-likeness (QED) is 0.903. The Morgan fingerprint density at radius 2 is 2.17 bits per heavy atom. The van der Waals surface area contributed by atoms with Crippen molar-refractivity contribution in [2.24, 2.45) is 7.05 Å². The number of carbonyl (C=O) groups excluding carboxylic acids is 2. The molecular weight excluding hydrogens is 294 g/mol. The van der Waals surface area contributed by atoms with E-state index in [2.05, 4.69) is 10.6 Å². The summed E-state index contributed by atoms with van der Waals surface area (Å²) in [7, 11) is 3.46. The fraction of sp³-hybridized carbons (Fsp3) is 0.412. The number of rotatable bonds is 3. The smallest absolute Gasteiger partial charge is 0.268 e. The summed E-state index contributed by atoms with van der Waals surface area (Å²) in [4.78, 5) is 24.5. The first-order valence-corrected chi connectivity index (χ1v) is 7.82. The summed E-state index contributed by atoms with van der Waals surface area (Å²) < 4.78 is 7.05. The molecule has 2 heterocycles. The topological polar surface area (TPSA) is 72.4 Å². The van der Waals surface area contributed by atoms with Gasteiger partial charge in [-0.3, -0.25) is 9.59 Å². The Bertz CT molecular complexity index is 751. The van der Waals surface area contributed by atoms with Gasteiger partial charge in [0.1, 0.15) is 17.5 Å². The number of aromatic nitrogens is 1. The highest BCUT2D eigenvalue weighted by molar-refractivity contribution is 6.01. The van der Waals surface area contributed by atoms with Crippen LogP contribution in [0, 0.1) is 0 Å². The van der Waals surface area contributed by atoms with Gasteiger partial charge in [0.2, 0.25) is 5.91 Å². The average Bonchev–Trinajstić information content (AvgIpc) is 2.75. The molecule has 1 aromatic carbocycles. The van der Waals surface area contributed by atoms with E-state index in [9.17, 15) is 9.59 Å². The minimum Gasteiger partial charge on any atom is -0.497 e. The molecule has 1 unspecified atom stereocenters. The van der Waals surface area contributed by atoms with Gasteiger partial charge in [0.05, 0.1) is 7.11 Å². The van der Waals surface area contributed by atoms with Gasteiger partial charge in [-0.05, 0) is 43.5 Å². The van der Waals surface area contributed by atoms with Crippen molar-refractivity contribution in [1.29, 1.82) is 0 Å². The Balaban J connectivity index is 1.85. The molecule has 2 amide bonds. The number of nitrogens with zero attached hydrogens (tertiary/aromatic N) is 1.